The summed E-state index contributed by atoms with van der Waals surface area (Å²) in [4.78, 5) is 43.2. The van der Waals surface area contributed by atoms with Crippen molar-refractivity contribution in [2.75, 3.05) is 26.2 Å². The molecule has 2 fully saturated rings. The van der Waals surface area contributed by atoms with Crippen molar-refractivity contribution in [2.24, 2.45) is 0 Å². The van der Waals surface area contributed by atoms with E-state index in [1.165, 1.54) is 0 Å². The Morgan fingerprint density at radius 2 is 1.55 bits per heavy atom. The van der Waals surface area contributed by atoms with Gasteiger partial charge in [-0.1, -0.05) is 60.1 Å². The van der Waals surface area contributed by atoms with Gasteiger partial charge in [0.2, 0.25) is 5.91 Å². The van der Waals surface area contributed by atoms with Gasteiger partial charge < -0.3 is 14.7 Å². The summed E-state index contributed by atoms with van der Waals surface area (Å²) in [6.45, 7) is 2.69. The molecular weight excluding hydrogens is 414 g/mol. The van der Waals surface area contributed by atoms with Gasteiger partial charge in [0.05, 0.1) is 6.42 Å². The van der Waals surface area contributed by atoms with Crippen LogP contribution in [0, 0.1) is 0 Å². The van der Waals surface area contributed by atoms with Gasteiger partial charge in [-0.2, -0.15) is 0 Å². The lowest BCUT2D eigenvalue weighted by molar-refractivity contribution is -0.159. The Morgan fingerprint density at radius 3 is 2.26 bits per heavy atom. The molecule has 2 aliphatic heterocycles. The van der Waals surface area contributed by atoms with Crippen LogP contribution in [0.25, 0.3) is 0 Å². The zero-order valence-corrected chi connectivity index (χ0v) is 18.1. The Labute approximate surface area is 187 Å². The fourth-order valence-corrected chi connectivity index (χ4v) is 4.54. The van der Waals surface area contributed by atoms with Crippen molar-refractivity contribution >= 4 is 29.3 Å². The molecule has 2 aromatic rings. The number of benzene rings is 2. The monoisotopic (exact) mass is 439 g/mol. The van der Waals surface area contributed by atoms with E-state index >= 15 is 0 Å². The minimum absolute atomic E-state index is 0.000288. The maximum Gasteiger partial charge on any atom is 0.312 e. The van der Waals surface area contributed by atoms with Crippen LogP contribution in [0.3, 0.4) is 0 Å². The Morgan fingerprint density at radius 1 is 0.871 bits per heavy atom. The Kier molecular flexibility index (Phi) is 6.56. The molecule has 162 valence electrons. The van der Waals surface area contributed by atoms with Crippen LogP contribution >= 0.6 is 11.6 Å². The molecule has 0 atom stereocenters. The Hall–Kier alpha value is -2.86. The van der Waals surface area contributed by atoms with Crippen molar-refractivity contribution in [1.29, 1.82) is 0 Å². The number of hydrogen-bond acceptors (Lipinski definition) is 3. The van der Waals surface area contributed by atoms with E-state index in [1.807, 2.05) is 53.4 Å². The molecule has 4 rings (SSSR count). The molecule has 3 amide bonds. The van der Waals surface area contributed by atoms with Crippen LogP contribution in [0.15, 0.2) is 54.6 Å². The Bertz CT molecular complexity index is 958. The molecule has 6 nitrogen and oxygen atoms in total. The van der Waals surface area contributed by atoms with Crippen molar-refractivity contribution in [2.45, 2.75) is 31.8 Å². The minimum atomic E-state index is -0.438. The smallest absolute Gasteiger partial charge is 0.312 e. The lowest BCUT2D eigenvalue weighted by Crippen LogP contribution is -2.59. The van der Waals surface area contributed by atoms with E-state index < -0.39 is 11.8 Å². The number of carbonyl (C=O) groups excluding carboxylic acids is 3. The number of halogens is 1. The standard InChI is InChI=1S/C24H26ClN3O3/c25-21-9-5-4-8-19(21)16-22(29)26-12-10-20(11-13-26)28-15-14-27(23(30)24(28)31)17-18-6-2-1-3-7-18/h1-9,20H,10-17H2. The van der Waals surface area contributed by atoms with E-state index in [-0.39, 0.29) is 18.4 Å². The third-order valence-electron chi connectivity index (χ3n) is 6.12. The van der Waals surface area contributed by atoms with Crippen LogP contribution in [0.2, 0.25) is 5.02 Å². The van der Waals surface area contributed by atoms with Gasteiger partial charge in [0.15, 0.2) is 0 Å². The summed E-state index contributed by atoms with van der Waals surface area (Å²) in [5.41, 5.74) is 1.84. The molecule has 0 N–H and O–H groups in total. The van der Waals surface area contributed by atoms with E-state index in [0.29, 0.717) is 50.6 Å². The summed E-state index contributed by atoms with van der Waals surface area (Å²) in [6, 6.07) is 17.1. The highest BCUT2D eigenvalue weighted by molar-refractivity contribution is 6.35. The number of carbonyl (C=O) groups is 3. The minimum Gasteiger partial charge on any atom is -0.342 e. The molecular formula is C24H26ClN3O3. The summed E-state index contributed by atoms with van der Waals surface area (Å²) < 4.78 is 0. The zero-order chi connectivity index (χ0) is 21.8. The third-order valence-corrected chi connectivity index (χ3v) is 6.48. The highest BCUT2D eigenvalue weighted by Crippen LogP contribution is 2.22. The lowest BCUT2D eigenvalue weighted by atomic mass is 10.0. The van der Waals surface area contributed by atoms with Crippen molar-refractivity contribution in [3.63, 3.8) is 0 Å². The van der Waals surface area contributed by atoms with Crippen LogP contribution < -0.4 is 0 Å². The average Bonchev–Trinajstić information content (AvgIpc) is 2.79. The summed E-state index contributed by atoms with van der Waals surface area (Å²) in [7, 11) is 0. The molecule has 2 aromatic carbocycles. The normalized spacial score (nSPS) is 17.9. The molecule has 2 saturated heterocycles. The zero-order valence-electron chi connectivity index (χ0n) is 17.4. The molecule has 0 spiro atoms. The number of rotatable bonds is 5. The van der Waals surface area contributed by atoms with Gasteiger partial charge >= 0.3 is 11.8 Å². The van der Waals surface area contributed by atoms with Gasteiger partial charge in [-0.05, 0) is 30.0 Å². The second kappa shape index (κ2) is 9.52. The van der Waals surface area contributed by atoms with Crippen molar-refractivity contribution in [3.05, 3.63) is 70.7 Å². The van der Waals surface area contributed by atoms with Gasteiger partial charge in [0.25, 0.3) is 0 Å². The summed E-state index contributed by atoms with van der Waals surface area (Å²) in [5.74, 6) is -0.822. The van der Waals surface area contributed by atoms with Crippen LogP contribution in [-0.4, -0.2) is 64.6 Å². The van der Waals surface area contributed by atoms with E-state index in [0.717, 1.165) is 11.1 Å². The predicted molar refractivity (Wildman–Crippen MR) is 118 cm³/mol. The number of likely N-dealkylation sites (tertiary alicyclic amines) is 1. The first-order valence-corrected chi connectivity index (χ1v) is 11.1. The maximum atomic E-state index is 12.8. The molecule has 7 heteroatoms. The Balaban J connectivity index is 1.30. The first-order chi connectivity index (χ1) is 15.0. The van der Waals surface area contributed by atoms with Gasteiger partial charge in [-0.3, -0.25) is 14.4 Å². The number of piperidine rings is 1. The second-order valence-electron chi connectivity index (χ2n) is 8.09. The first-order valence-electron chi connectivity index (χ1n) is 10.7. The number of piperazine rings is 1. The topological polar surface area (TPSA) is 60.9 Å². The number of hydrogen-bond donors (Lipinski definition) is 0. The molecule has 0 aliphatic carbocycles. The molecule has 0 unspecified atom stereocenters. The molecule has 2 heterocycles. The largest absolute Gasteiger partial charge is 0.342 e. The van der Waals surface area contributed by atoms with Gasteiger partial charge in [-0.25, -0.2) is 0 Å². The van der Waals surface area contributed by atoms with Crippen LogP contribution in [0.4, 0.5) is 0 Å². The summed E-state index contributed by atoms with van der Waals surface area (Å²) in [5, 5.41) is 0.600. The first kappa shape index (κ1) is 21.4. The highest BCUT2D eigenvalue weighted by atomic mass is 35.5. The molecule has 0 aromatic heterocycles. The fraction of sp³-hybridized carbons (Fsp3) is 0.375. The van der Waals surface area contributed by atoms with Crippen LogP contribution in [0.1, 0.15) is 24.0 Å². The summed E-state index contributed by atoms with van der Waals surface area (Å²) >= 11 is 6.17. The molecule has 2 aliphatic rings. The van der Waals surface area contributed by atoms with Gasteiger partial charge in [-0.15, -0.1) is 0 Å². The average molecular weight is 440 g/mol. The quantitative estimate of drug-likeness (QED) is 0.673. The number of amides is 3. The second-order valence-corrected chi connectivity index (χ2v) is 8.50. The molecule has 0 radical (unpaired) electrons. The highest BCUT2D eigenvalue weighted by Gasteiger charge is 2.37. The third kappa shape index (κ3) is 4.90. The lowest BCUT2D eigenvalue weighted by Gasteiger charge is -2.42. The van der Waals surface area contributed by atoms with Crippen molar-refractivity contribution < 1.29 is 14.4 Å². The van der Waals surface area contributed by atoms with E-state index in [1.54, 1.807) is 15.9 Å². The molecule has 31 heavy (non-hydrogen) atoms. The number of nitrogens with zero attached hydrogens (tertiary/aromatic N) is 3. The van der Waals surface area contributed by atoms with Gasteiger partial charge in [0, 0.05) is 43.8 Å². The molecule has 0 saturated carbocycles. The summed E-state index contributed by atoms with van der Waals surface area (Å²) in [6.07, 6.45) is 1.65. The van der Waals surface area contributed by atoms with Gasteiger partial charge in [0.1, 0.15) is 0 Å². The van der Waals surface area contributed by atoms with Crippen LogP contribution in [-0.2, 0) is 27.3 Å². The SMILES string of the molecule is O=C(Cc1ccccc1Cl)N1CCC(N2CCN(Cc3ccccc3)C(=O)C2=O)CC1. The maximum absolute atomic E-state index is 12.8. The predicted octanol–water partition coefficient (Wildman–Crippen LogP) is 2.74. The van der Waals surface area contributed by atoms with E-state index in [9.17, 15) is 14.4 Å². The van der Waals surface area contributed by atoms with Crippen molar-refractivity contribution in [1.82, 2.24) is 14.7 Å². The van der Waals surface area contributed by atoms with E-state index in [4.69, 9.17) is 11.6 Å². The van der Waals surface area contributed by atoms with E-state index in [2.05, 4.69) is 0 Å². The molecule has 0 bridgehead atoms. The van der Waals surface area contributed by atoms with Crippen molar-refractivity contribution in [3.8, 4) is 0 Å². The van der Waals surface area contributed by atoms with Crippen LogP contribution in [0.5, 0.6) is 0 Å². The fourth-order valence-electron chi connectivity index (χ4n) is 4.34.